The number of hydrogen-bond donors (Lipinski definition) is 1. The first-order valence-electron chi connectivity index (χ1n) is 8.87. The molecule has 0 amide bonds. The van der Waals surface area contributed by atoms with Crippen LogP contribution in [0.3, 0.4) is 0 Å². The molecule has 0 aromatic heterocycles. The summed E-state index contributed by atoms with van der Waals surface area (Å²) >= 11 is 0. The van der Waals surface area contributed by atoms with Crippen LogP contribution in [0.2, 0.25) is 0 Å². The third kappa shape index (κ3) is 8.14. The van der Waals surface area contributed by atoms with Crippen LogP contribution >= 0.6 is 0 Å². The molecule has 0 aromatic rings. The standard InChI is InChI=1S/C18H32O3S/c1-2-3-4-5-6-7-8-9-10-11-14-17-15-12-13-16-18(17)22(19,20)21/h12-13,15,18H,2-11,14,16H2,1H3,(H,19,20,21). The zero-order chi connectivity index (χ0) is 16.3. The smallest absolute Gasteiger partial charge is 0.271 e. The van der Waals surface area contributed by atoms with Gasteiger partial charge in [-0.3, -0.25) is 4.55 Å². The normalized spacial score (nSPS) is 18.5. The van der Waals surface area contributed by atoms with Gasteiger partial charge in [-0.1, -0.05) is 82.9 Å². The van der Waals surface area contributed by atoms with Gasteiger partial charge in [0.2, 0.25) is 0 Å². The molecular weight excluding hydrogens is 296 g/mol. The van der Waals surface area contributed by atoms with Crippen molar-refractivity contribution in [1.82, 2.24) is 0 Å². The molecule has 0 spiro atoms. The van der Waals surface area contributed by atoms with Crippen molar-refractivity contribution in [3.8, 4) is 0 Å². The Bertz CT molecular complexity index is 449. The third-order valence-electron chi connectivity index (χ3n) is 4.39. The lowest BCUT2D eigenvalue weighted by Crippen LogP contribution is -2.23. The Labute approximate surface area is 136 Å². The highest BCUT2D eigenvalue weighted by Crippen LogP contribution is 2.25. The fourth-order valence-corrected chi connectivity index (χ4v) is 3.96. The molecule has 3 nitrogen and oxygen atoms in total. The predicted octanol–water partition coefficient (Wildman–Crippen LogP) is 5.44. The average molecular weight is 329 g/mol. The molecule has 0 aromatic carbocycles. The monoisotopic (exact) mass is 328 g/mol. The molecule has 0 fully saturated rings. The molecule has 1 atom stereocenters. The van der Waals surface area contributed by atoms with Crippen LogP contribution in [0, 0.1) is 0 Å². The highest BCUT2D eigenvalue weighted by Gasteiger charge is 2.26. The Morgan fingerprint density at radius 2 is 1.55 bits per heavy atom. The SMILES string of the molecule is CCCCCCCCCCCCC1=CC=CCC1S(=O)(=O)O. The Kier molecular flexibility index (Phi) is 9.73. The summed E-state index contributed by atoms with van der Waals surface area (Å²) in [5.41, 5.74) is 0.865. The Balaban J connectivity index is 2.09. The molecule has 1 unspecified atom stereocenters. The van der Waals surface area contributed by atoms with Crippen LogP contribution in [0.25, 0.3) is 0 Å². The van der Waals surface area contributed by atoms with Gasteiger partial charge in [-0.2, -0.15) is 8.42 Å². The van der Waals surface area contributed by atoms with Crippen molar-refractivity contribution in [2.75, 3.05) is 0 Å². The summed E-state index contributed by atoms with van der Waals surface area (Å²) in [6.07, 6.45) is 19.5. The van der Waals surface area contributed by atoms with Gasteiger partial charge in [0.25, 0.3) is 10.1 Å². The zero-order valence-electron chi connectivity index (χ0n) is 14.0. The van der Waals surface area contributed by atoms with Crippen molar-refractivity contribution in [1.29, 1.82) is 0 Å². The Hall–Kier alpha value is -0.610. The lowest BCUT2D eigenvalue weighted by molar-refractivity contribution is 0.470. The molecule has 0 saturated heterocycles. The van der Waals surface area contributed by atoms with Gasteiger partial charge in [0, 0.05) is 0 Å². The topological polar surface area (TPSA) is 54.4 Å². The molecule has 0 radical (unpaired) electrons. The maximum absolute atomic E-state index is 11.4. The highest BCUT2D eigenvalue weighted by atomic mass is 32.2. The molecule has 0 aliphatic heterocycles. The van der Waals surface area contributed by atoms with E-state index in [-0.39, 0.29) is 0 Å². The molecule has 128 valence electrons. The van der Waals surface area contributed by atoms with E-state index in [9.17, 15) is 13.0 Å². The van der Waals surface area contributed by atoms with Crippen LogP contribution < -0.4 is 0 Å². The summed E-state index contributed by atoms with van der Waals surface area (Å²) in [6, 6.07) is 0. The summed E-state index contributed by atoms with van der Waals surface area (Å²) in [7, 11) is -3.96. The summed E-state index contributed by atoms with van der Waals surface area (Å²) < 4.78 is 32.0. The highest BCUT2D eigenvalue weighted by molar-refractivity contribution is 7.86. The van der Waals surface area contributed by atoms with Crippen molar-refractivity contribution in [3.63, 3.8) is 0 Å². The second-order valence-corrected chi connectivity index (χ2v) is 7.94. The molecule has 22 heavy (non-hydrogen) atoms. The molecule has 1 rings (SSSR count). The first-order valence-corrected chi connectivity index (χ1v) is 10.4. The third-order valence-corrected chi connectivity index (χ3v) is 5.60. The van der Waals surface area contributed by atoms with E-state index < -0.39 is 15.4 Å². The van der Waals surface area contributed by atoms with Crippen molar-refractivity contribution >= 4 is 10.1 Å². The zero-order valence-corrected chi connectivity index (χ0v) is 14.8. The van der Waals surface area contributed by atoms with E-state index in [0.29, 0.717) is 6.42 Å². The minimum absolute atomic E-state index is 0.405. The van der Waals surface area contributed by atoms with Crippen LogP contribution in [-0.2, 0) is 10.1 Å². The lowest BCUT2D eigenvalue weighted by Gasteiger charge is -2.18. The van der Waals surface area contributed by atoms with Crippen LogP contribution in [-0.4, -0.2) is 18.2 Å². The van der Waals surface area contributed by atoms with Crippen molar-refractivity contribution in [2.24, 2.45) is 0 Å². The van der Waals surface area contributed by atoms with Crippen molar-refractivity contribution in [2.45, 2.75) is 89.2 Å². The van der Waals surface area contributed by atoms with Crippen molar-refractivity contribution in [3.05, 3.63) is 23.8 Å². The van der Waals surface area contributed by atoms with Gasteiger partial charge >= 0.3 is 0 Å². The summed E-state index contributed by atoms with van der Waals surface area (Å²) in [6.45, 7) is 2.24. The van der Waals surface area contributed by atoms with E-state index in [0.717, 1.165) is 24.8 Å². The van der Waals surface area contributed by atoms with Gasteiger partial charge < -0.3 is 0 Å². The van der Waals surface area contributed by atoms with E-state index in [4.69, 9.17) is 0 Å². The fourth-order valence-electron chi connectivity index (χ4n) is 3.03. The molecule has 0 saturated carbocycles. The van der Waals surface area contributed by atoms with Crippen LogP contribution in [0.1, 0.15) is 84.0 Å². The summed E-state index contributed by atoms with van der Waals surface area (Å²) in [4.78, 5) is 0. The second kappa shape index (κ2) is 11.0. The molecule has 1 aliphatic rings. The van der Waals surface area contributed by atoms with Gasteiger partial charge in [-0.25, -0.2) is 0 Å². The lowest BCUT2D eigenvalue weighted by atomic mass is 9.98. The molecule has 0 heterocycles. The van der Waals surface area contributed by atoms with Gasteiger partial charge in [0.15, 0.2) is 0 Å². The van der Waals surface area contributed by atoms with Crippen LogP contribution in [0.4, 0.5) is 0 Å². The maximum Gasteiger partial charge on any atom is 0.271 e. The quantitative estimate of drug-likeness (QED) is 0.383. The van der Waals surface area contributed by atoms with E-state index in [1.165, 1.54) is 51.4 Å². The van der Waals surface area contributed by atoms with Gasteiger partial charge in [0.1, 0.15) is 5.25 Å². The summed E-state index contributed by atoms with van der Waals surface area (Å²) in [5.74, 6) is 0. The minimum atomic E-state index is -3.96. The average Bonchev–Trinajstić information content (AvgIpc) is 2.48. The van der Waals surface area contributed by atoms with E-state index in [1.54, 1.807) is 6.08 Å². The number of hydrogen-bond acceptors (Lipinski definition) is 2. The molecule has 0 bridgehead atoms. The molecule has 4 heteroatoms. The number of allylic oxidation sites excluding steroid dienone is 3. The fraction of sp³-hybridized carbons (Fsp3) is 0.778. The maximum atomic E-state index is 11.4. The van der Waals surface area contributed by atoms with Crippen LogP contribution in [0.5, 0.6) is 0 Å². The second-order valence-electron chi connectivity index (χ2n) is 6.34. The van der Waals surface area contributed by atoms with Gasteiger partial charge in [-0.05, 0) is 24.8 Å². The van der Waals surface area contributed by atoms with Crippen molar-refractivity contribution < 1.29 is 13.0 Å². The minimum Gasteiger partial charge on any atom is -0.285 e. The van der Waals surface area contributed by atoms with E-state index >= 15 is 0 Å². The summed E-state index contributed by atoms with van der Waals surface area (Å²) in [5, 5.41) is -0.712. The first-order chi connectivity index (χ1) is 10.6. The molecule has 1 N–H and O–H groups in total. The van der Waals surface area contributed by atoms with E-state index in [1.807, 2.05) is 12.2 Å². The Morgan fingerprint density at radius 1 is 1.00 bits per heavy atom. The largest absolute Gasteiger partial charge is 0.285 e. The molecule has 1 aliphatic carbocycles. The number of unbranched alkanes of at least 4 members (excludes halogenated alkanes) is 9. The van der Waals surface area contributed by atoms with Crippen LogP contribution in [0.15, 0.2) is 23.8 Å². The number of rotatable bonds is 12. The van der Waals surface area contributed by atoms with E-state index in [2.05, 4.69) is 6.92 Å². The molecular formula is C18H32O3S. The Morgan fingerprint density at radius 3 is 2.09 bits per heavy atom. The first kappa shape index (κ1) is 19.4. The van der Waals surface area contributed by atoms with Gasteiger partial charge in [0.05, 0.1) is 0 Å². The van der Waals surface area contributed by atoms with Gasteiger partial charge in [-0.15, -0.1) is 0 Å². The predicted molar refractivity (Wildman–Crippen MR) is 93.6 cm³/mol.